The first-order chi connectivity index (χ1) is 7.08. The van der Waals surface area contributed by atoms with Crippen LogP contribution in [0.3, 0.4) is 0 Å². The normalized spacial score (nSPS) is 10.5. The Bertz CT molecular complexity index is 340. The molecule has 0 aliphatic heterocycles. The quantitative estimate of drug-likeness (QED) is 0.792. The highest BCUT2D eigenvalue weighted by Gasteiger charge is 2.12. The minimum absolute atomic E-state index is 0.657. The van der Waals surface area contributed by atoms with Gasteiger partial charge in [0.25, 0.3) is 0 Å². The lowest BCUT2D eigenvalue weighted by molar-refractivity contribution is 0.339. The Kier molecular flexibility index (Phi) is 4.24. The standard InChI is InChI=1S/C11H16ClNO2/c1-13(2)7-8-5-9(12)6-10(14-3)11(8)15-4/h5-6H,7H2,1-4H3. The highest BCUT2D eigenvalue weighted by atomic mass is 35.5. The van der Waals surface area contributed by atoms with E-state index in [-0.39, 0.29) is 0 Å². The summed E-state index contributed by atoms with van der Waals surface area (Å²) in [7, 11) is 7.22. The molecule has 0 bridgehead atoms. The SMILES string of the molecule is COc1cc(Cl)cc(CN(C)C)c1OC. The van der Waals surface area contributed by atoms with Gasteiger partial charge < -0.3 is 14.4 Å². The second-order valence-corrected chi connectivity index (χ2v) is 3.97. The van der Waals surface area contributed by atoms with Crippen LogP contribution in [0.1, 0.15) is 5.56 Å². The molecule has 0 amide bonds. The van der Waals surface area contributed by atoms with Crippen molar-refractivity contribution in [1.82, 2.24) is 4.90 Å². The monoisotopic (exact) mass is 229 g/mol. The number of hydrogen-bond acceptors (Lipinski definition) is 3. The minimum Gasteiger partial charge on any atom is -0.493 e. The van der Waals surface area contributed by atoms with Crippen LogP contribution in [-0.2, 0) is 6.54 Å². The molecule has 0 atom stereocenters. The van der Waals surface area contributed by atoms with Gasteiger partial charge in [0.15, 0.2) is 11.5 Å². The molecule has 0 saturated heterocycles. The zero-order valence-corrected chi connectivity index (χ0v) is 10.3. The van der Waals surface area contributed by atoms with E-state index in [0.29, 0.717) is 10.8 Å². The second kappa shape index (κ2) is 5.24. The van der Waals surface area contributed by atoms with Crippen LogP contribution in [0.15, 0.2) is 12.1 Å². The van der Waals surface area contributed by atoms with E-state index in [0.717, 1.165) is 17.9 Å². The maximum Gasteiger partial charge on any atom is 0.165 e. The number of methoxy groups -OCH3 is 2. The fourth-order valence-corrected chi connectivity index (χ4v) is 1.69. The fraction of sp³-hybridized carbons (Fsp3) is 0.455. The van der Waals surface area contributed by atoms with Gasteiger partial charge in [-0.15, -0.1) is 0 Å². The molecule has 0 spiro atoms. The smallest absolute Gasteiger partial charge is 0.165 e. The first-order valence-corrected chi connectivity index (χ1v) is 5.01. The summed E-state index contributed by atoms with van der Waals surface area (Å²) < 4.78 is 10.5. The van der Waals surface area contributed by atoms with E-state index in [2.05, 4.69) is 0 Å². The molecule has 84 valence electrons. The molecular formula is C11H16ClNO2. The molecule has 0 radical (unpaired) electrons. The number of nitrogens with zero attached hydrogens (tertiary/aromatic N) is 1. The minimum atomic E-state index is 0.657. The predicted molar refractivity (Wildman–Crippen MR) is 61.9 cm³/mol. The van der Waals surface area contributed by atoms with Gasteiger partial charge in [0, 0.05) is 23.2 Å². The van der Waals surface area contributed by atoms with E-state index < -0.39 is 0 Å². The summed E-state index contributed by atoms with van der Waals surface area (Å²) in [6, 6.07) is 3.64. The van der Waals surface area contributed by atoms with Gasteiger partial charge in [-0.05, 0) is 20.2 Å². The summed E-state index contributed by atoms with van der Waals surface area (Å²) in [5.74, 6) is 1.41. The zero-order valence-electron chi connectivity index (χ0n) is 9.50. The lowest BCUT2D eigenvalue weighted by Crippen LogP contribution is -2.12. The number of ether oxygens (including phenoxy) is 2. The number of rotatable bonds is 4. The van der Waals surface area contributed by atoms with Crippen molar-refractivity contribution in [1.29, 1.82) is 0 Å². The van der Waals surface area contributed by atoms with Crippen LogP contribution in [0.2, 0.25) is 5.02 Å². The van der Waals surface area contributed by atoms with E-state index in [1.54, 1.807) is 20.3 Å². The molecule has 0 aromatic heterocycles. The molecule has 4 heteroatoms. The number of hydrogen-bond donors (Lipinski definition) is 0. The molecule has 1 aromatic rings. The van der Waals surface area contributed by atoms with E-state index in [9.17, 15) is 0 Å². The van der Waals surface area contributed by atoms with Crippen LogP contribution in [0.25, 0.3) is 0 Å². The Labute approximate surface area is 95.5 Å². The third kappa shape index (κ3) is 3.01. The maximum absolute atomic E-state index is 5.99. The van der Waals surface area contributed by atoms with Gasteiger partial charge in [-0.2, -0.15) is 0 Å². The van der Waals surface area contributed by atoms with Crippen molar-refractivity contribution in [2.24, 2.45) is 0 Å². The number of benzene rings is 1. The first kappa shape index (κ1) is 12.1. The number of halogens is 1. The molecule has 0 aliphatic rings. The molecule has 0 fully saturated rings. The van der Waals surface area contributed by atoms with Gasteiger partial charge in [-0.1, -0.05) is 11.6 Å². The van der Waals surface area contributed by atoms with Gasteiger partial charge in [0.1, 0.15) is 0 Å². The molecule has 0 unspecified atom stereocenters. The topological polar surface area (TPSA) is 21.7 Å². The van der Waals surface area contributed by atoms with Crippen molar-refractivity contribution in [3.8, 4) is 11.5 Å². The van der Waals surface area contributed by atoms with E-state index in [1.807, 2.05) is 25.1 Å². The highest BCUT2D eigenvalue weighted by Crippen LogP contribution is 2.34. The third-order valence-corrected chi connectivity index (χ3v) is 2.23. The molecule has 1 rings (SSSR count). The zero-order chi connectivity index (χ0) is 11.4. The Balaban J connectivity index is 3.16. The maximum atomic E-state index is 5.99. The molecule has 15 heavy (non-hydrogen) atoms. The van der Waals surface area contributed by atoms with E-state index >= 15 is 0 Å². The first-order valence-electron chi connectivity index (χ1n) is 4.63. The van der Waals surface area contributed by atoms with Crippen molar-refractivity contribution >= 4 is 11.6 Å². The van der Waals surface area contributed by atoms with Gasteiger partial charge in [0.05, 0.1) is 14.2 Å². The Hall–Kier alpha value is -0.930. The van der Waals surface area contributed by atoms with Gasteiger partial charge in [0.2, 0.25) is 0 Å². The average Bonchev–Trinajstić information content (AvgIpc) is 2.15. The summed E-state index contributed by atoms with van der Waals surface area (Å²) in [4.78, 5) is 2.05. The van der Waals surface area contributed by atoms with Crippen LogP contribution in [-0.4, -0.2) is 33.2 Å². The lowest BCUT2D eigenvalue weighted by Gasteiger charge is -2.16. The van der Waals surface area contributed by atoms with Crippen molar-refractivity contribution in [2.75, 3.05) is 28.3 Å². The molecule has 0 heterocycles. The molecule has 0 saturated carbocycles. The van der Waals surface area contributed by atoms with Crippen molar-refractivity contribution in [2.45, 2.75) is 6.54 Å². The van der Waals surface area contributed by atoms with Gasteiger partial charge in [-0.3, -0.25) is 0 Å². The highest BCUT2D eigenvalue weighted by molar-refractivity contribution is 6.30. The van der Waals surface area contributed by atoms with Crippen LogP contribution < -0.4 is 9.47 Å². The van der Waals surface area contributed by atoms with Crippen LogP contribution in [0.4, 0.5) is 0 Å². The van der Waals surface area contributed by atoms with Crippen LogP contribution in [0, 0.1) is 0 Å². The summed E-state index contributed by atoms with van der Waals surface area (Å²) in [6.45, 7) is 0.764. The van der Waals surface area contributed by atoms with Crippen LogP contribution in [0.5, 0.6) is 11.5 Å². The van der Waals surface area contributed by atoms with Gasteiger partial charge in [-0.25, -0.2) is 0 Å². The fourth-order valence-electron chi connectivity index (χ4n) is 1.46. The second-order valence-electron chi connectivity index (χ2n) is 3.54. The Morgan fingerprint density at radius 1 is 1.20 bits per heavy atom. The molecule has 0 N–H and O–H groups in total. The lowest BCUT2D eigenvalue weighted by atomic mass is 10.1. The summed E-state index contributed by atoms with van der Waals surface area (Å²) in [5.41, 5.74) is 1.02. The third-order valence-electron chi connectivity index (χ3n) is 2.01. The van der Waals surface area contributed by atoms with Gasteiger partial charge >= 0.3 is 0 Å². The summed E-state index contributed by atoms with van der Waals surface area (Å²) in [6.07, 6.45) is 0. The molecular weight excluding hydrogens is 214 g/mol. The van der Waals surface area contributed by atoms with E-state index in [4.69, 9.17) is 21.1 Å². The predicted octanol–water partition coefficient (Wildman–Crippen LogP) is 2.42. The van der Waals surface area contributed by atoms with E-state index in [1.165, 1.54) is 0 Å². The molecule has 3 nitrogen and oxygen atoms in total. The Morgan fingerprint density at radius 3 is 2.33 bits per heavy atom. The molecule has 1 aromatic carbocycles. The summed E-state index contributed by atoms with van der Waals surface area (Å²) in [5, 5.41) is 0.657. The van der Waals surface area contributed by atoms with Crippen LogP contribution >= 0.6 is 11.6 Å². The summed E-state index contributed by atoms with van der Waals surface area (Å²) >= 11 is 5.99. The van der Waals surface area contributed by atoms with Crippen molar-refractivity contribution < 1.29 is 9.47 Å². The average molecular weight is 230 g/mol. The largest absolute Gasteiger partial charge is 0.493 e. The van der Waals surface area contributed by atoms with Crippen molar-refractivity contribution in [3.05, 3.63) is 22.7 Å². The Morgan fingerprint density at radius 2 is 1.87 bits per heavy atom. The van der Waals surface area contributed by atoms with Crippen molar-refractivity contribution in [3.63, 3.8) is 0 Å². The molecule has 0 aliphatic carbocycles.